The number of hydrogen-bond donors (Lipinski definition) is 6. The van der Waals surface area contributed by atoms with Crippen molar-refractivity contribution < 1.29 is 81.5 Å². The maximum atomic E-state index is 13.0. The van der Waals surface area contributed by atoms with E-state index in [0.29, 0.717) is 58.3 Å². The quantitative estimate of drug-likeness (QED) is 0.0192. The van der Waals surface area contributed by atoms with Crippen LogP contribution < -0.4 is 27.0 Å². The van der Waals surface area contributed by atoms with Crippen molar-refractivity contribution in [3.63, 3.8) is 0 Å². The Kier molecular flexibility index (Phi) is 33.0. The Labute approximate surface area is 605 Å². The summed E-state index contributed by atoms with van der Waals surface area (Å²) in [5, 5.41) is 66.7. The van der Waals surface area contributed by atoms with Gasteiger partial charge in [0, 0.05) is 84.1 Å². The number of Topliss-reactive ketones (excluding diaryl/α,β-unsaturated/α-hetero) is 2. The van der Waals surface area contributed by atoms with Gasteiger partial charge in [0.05, 0.1) is 50.2 Å². The molecule has 36 nitrogen and oxygen atoms in total. The van der Waals surface area contributed by atoms with E-state index in [1.165, 1.54) is 4.90 Å². The smallest absolute Gasteiger partial charge is 0.410 e. The van der Waals surface area contributed by atoms with E-state index in [2.05, 4.69) is 82.6 Å². The number of ether oxygens (including phenoxy) is 5. The molecule has 0 spiro atoms. The third-order valence-electron chi connectivity index (χ3n) is 14.6. The topological polar surface area (TPSA) is 483 Å². The molecule has 7 N–H and O–H groups in total. The van der Waals surface area contributed by atoms with Crippen LogP contribution in [0, 0.1) is 11.8 Å². The fraction of sp³-hybridized carbons (Fsp3) is 0.836. The highest BCUT2D eigenvalue weighted by atomic mass is 16.6. The minimum Gasteiger partial charge on any atom is -0.480 e. The number of carboxylic acids is 1. The molecule has 0 unspecified atom stereocenters. The molecule has 0 fully saturated rings. The van der Waals surface area contributed by atoms with Crippen molar-refractivity contribution in [1.29, 1.82) is 0 Å². The van der Waals surface area contributed by atoms with Gasteiger partial charge in [-0.15, -0.1) is 0 Å². The number of amides is 5. The van der Waals surface area contributed by atoms with Gasteiger partial charge in [-0.25, -0.2) is 9.59 Å². The van der Waals surface area contributed by atoms with Gasteiger partial charge in [0.2, 0.25) is 17.7 Å². The second kappa shape index (κ2) is 37.4. The summed E-state index contributed by atoms with van der Waals surface area (Å²) in [6.07, 6.45) is 1.33. The van der Waals surface area contributed by atoms with Gasteiger partial charge in [-0.2, -0.15) is 61.4 Å². The van der Waals surface area contributed by atoms with E-state index in [1.807, 2.05) is 41.5 Å². The summed E-state index contributed by atoms with van der Waals surface area (Å²) in [7, 11) is 0. The van der Waals surface area contributed by atoms with Gasteiger partial charge >= 0.3 is 36.1 Å². The summed E-state index contributed by atoms with van der Waals surface area (Å²) in [6.45, 7) is 39.0. The summed E-state index contributed by atoms with van der Waals surface area (Å²) in [6, 6.07) is -0.893. The fourth-order valence-corrected chi connectivity index (χ4v) is 8.57. The number of nitrogens with two attached hydrogens (primary N) is 1. The Morgan fingerprint density at radius 1 is 0.379 bits per heavy atom. The first kappa shape index (κ1) is 90.8. The SMILES string of the molecule is C.CC1(CCN(CC(=O)O)C(=O)OC(C)(C)C)N=N1.CC1(CCNC(=O)[C@@H](CC(=O)CN(CCC2(C)N=N2)C(=O)OC(C)(C)C)CC(=O)OC(C)(C)C)N=N1.CC1(CCNC(=O)[C@@H](N)CC(=O)OC(C)(C)C)N=N1.CC1(CCNCC(=O)C[C@@H](CC(=O)OC(C)(C)C)C(=O)NCCC2(C)N=N2)N=N1. The number of carboxylic acid groups (broad SMARTS) is 1. The minimum absolute atomic E-state index is 0. The van der Waals surface area contributed by atoms with E-state index in [1.54, 1.807) is 104 Å². The first-order valence-corrected chi connectivity index (χ1v) is 34.3. The van der Waals surface area contributed by atoms with Crippen molar-refractivity contribution in [2.24, 2.45) is 78.9 Å². The van der Waals surface area contributed by atoms with Crippen molar-refractivity contribution in [3.8, 4) is 0 Å². The Bertz CT molecular complexity index is 3140. The van der Waals surface area contributed by atoms with Crippen molar-refractivity contribution >= 4 is 65.4 Å². The maximum absolute atomic E-state index is 13.0. The number of nitrogens with one attached hydrogen (secondary N) is 4. The van der Waals surface area contributed by atoms with Crippen LogP contribution in [0.5, 0.6) is 0 Å². The minimum atomic E-state index is -1.07. The highest BCUT2D eigenvalue weighted by Crippen LogP contribution is 2.35. The van der Waals surface area contributed by atoms with Gasteiger partial charge in [0.25, 0.3) is 0 Å². The molecule has 3 atom stereocenters. The summed E-state index contributed by atoms with van der Waals surface area (Å²) >= 11 is 0. The summed E-state index contributed by atoms with van der Waals surface area (Å²) in [5.74, 6) is -6.00. The molecule has 0 saturated carbocycles. The molecule has 0 aromatic carbocycles. The molecule has 582 valence electrons. The molecular formula is C67H117N19O17. The third-order valence-corrected chi connectivity index (χ3v) is 14.6. The molecule has 0 aromatic rings. The largest absolute Gasteiger partial charge is 0.480 e. The van der Waals surface area contributed by atoms with E-state index in [9.17, 15) is 52.7 Å². The van der Waals surface area contributed by atoms with Crippen LogP contribution in [0.3, 0.4) is 0 Å². The standard InChI is InChI=1S/C24H40N6O6.C19H32N6O4.C12H22N4O3.C11H19N3O4.CH4/c1-21(2,3)35-18(32)14-16(19(33)25-11-9-23(7)26-27-23)13-17(31)15-30(12-10-24(8)28-29-24)20(34)36-22(4,5)6;1-17(2,3)29-15(27)11-13(16(28)21-9-7-19(5)24-25-19)10-14(26)12-20-8-6-18(4)22-23-18;1-11(2,3)19-9(17)7-8(13)10(18)14-6-5-12(4)15-16-12;1-10(2,3)18-9(17)14(7-8(15)16)6-5-11(4)12-13-11;/h16H,9-15H2,1-8H3,(H,25,33);13,20H,6-12H2,1-5H3,(H,21,28);8H,5-7,13H2,1-4H3,(H,14,18);5-7H2,1-4H3,(H,15,16);1H4/t16-;13-;8-;;/m000../s1. The Hall–Kier alpha value is -8.31. The average molecular weight is 1460 g/mol. The summed E-state index contributed by atoms with van der Waals surface area (Å²) in [4.78, 5) is 136. The lowest BCUT2D eigenvalue weighted by Crippen LogP contribution is -2.43. The zero-order valence-electron chi connectivity index (χ0n) is 63.7. The Morgan fingerprint density at radius 2 is 0.650 bits per heavy atom. The number of carbonyl (C=O) groups excluding carboxylic acids is 10. The highest BCUT2D eigenvalue weighted by molar-refractivity contribution is 5.92. The third kappa shape index (κ3) is 42.8. The molecular weight excluding hydrogens is 1340 g/mol. The molecule has 6 heterocycles. The van der Waals surface area contributed by atoms with E-state index < -0.39 is 111 Å². The van der Waals surface area contributed by atoms with Crippen LogP contribution in [0.2, 0.25) is 0 Å². The monoisotopic (exact) mass is 1460 g/mol. The van der Waals surface area contributed by atoms with E-state index >= 15 is 0 Å². The number of esters is 3. The second-order valence-corrected chi connectivity index (χ2v) is 32.1. The lowest BCUT2D eigenvalue weighted by Gasteiger charge is -2.28. The van der Waals surface area contributed by atoms with E-state index in [-0.39, 0.29) is 107 Å². The van der Waals surface area contributed by atoms with Gasteiger partial charge in [0.15, 0.2) is 39.8 Å². The van der Waals surface area contributed by atoms with Crippen LogP contribution in [0.15, 0.2) is 61.4 Å². The molecule has 0 aliphatic carbocycles. The molecule has 103 heavy (non-hydrogen) atoms. The van der Waals surface area contributed by atoms with Gasteiger partial charge in [-0.3, -0.25) is 48.1 Å². The normalized spacial score (nSPS) is 17.6. The van der Waals surface area contributed by atoms with Crippen LogP contribution >= 0.6 is 0 Å². The van der Waals surface area contributed by atoms with Crippen molar-refractivity contribution in [2.45, 2.75) is 291 Å². The molecule has 5 amide bonds. The molecule has 6 aliphatic heterocycles. The Morgan fingerprint density at radius 3 is 0.951 bits per heavy atom. The Balaban J connectivity index is 0.000000484. The van der Waals surface area contributed by atoms with Crippen LogP contribution in [0.1, 0.15) is 223 Å². The lowest BCUT2D eigenvalue weighted by molar-refractivity contribution is -0.158. The lowest BCUT2D eigenvalue weighted by atomic mass is 9.97. The van der Waals surface area contributed by atoms with Crippen LogP contribution in [0.4, 0.5) is 9.59 Å². The number of carbonyl (C=O) groups is 11. The van der Waals surface area contributed by atoms with Gasteiger partial charge in [-0.05, 0) is 152 Å². The molecule has 6 aliphatic rings. The number of aliphatic carboxylic acids is 1. The van der Waals surface area contributed by atoms with Crippen LogP contribution in [-0.4, -0.2) is 207 Å². The molecule has 0 radical (unpaired) electrons. The first-order valence-electron chi connectivity index (χ1n) is 34.3. The zero-order valence-corrected chi connectivity index (χ0v) is 63.7. The molecule has 6 rings (SSSR count). The van der Waals surface area contributed by atoms with Crippen molar-refractivity contribution in [1.82, 2.24) is 31.1 Å². The summed E-state index contributed by atoms with van der Waals surface area (Å²) in [5.41, 5.74) is -0.263. The van der Waals surface area contributed by atoms with Crippen LogP contribution in [0.25, 0.3) is 0 Å². The van der Waals surface area contributed by atoms with Crippen molar-refractivity contribution in [3.05, 3.63) is 0 Å². The van der Waals surface area contributed by atoms with E-state index in [4.69, 9.17) is 34.5 Å². The second-order valence-electron chi connectivity index (χ2n) is 32.1. The van der Waals surface area contributed by atoms with Gasteiger partial charge in [0.1, 0.15) is 40.3 Å². The zero-order chi connectivity index (χ0) is 77.7. The number of ketones is 2. The first-order chi connectivity index (χ1) is 46.5. The van der Waals surface area contributed by atoms with Gasteiger partial charge < -0.3 is 60.7 Å². The number of rotatable bonds is 37. The maximum Gasteiger partial charge on any atom is 0.410 e. The summed E-state index contributed by atoms with van der Waals surface area (Å²) < 4.78 is 26.4. The van der Waals surface area contributed by atoms with Gasteiger partial charge in [-0.1, -0.05) is 7.43 Å². The molecule has 36 heteroatoms. The predicted octanol–water partition coefficient (Wildman–Crippen LogP) is 9.18. The number of nitrogens with zero attached hydrogens (tertiary/aromatic N) is 14. The molecule has 0 aromatic heterocycles. The fourth-order valence-electron chi connectivity index (χ4n) is 8.57. The van der Waals surface area contributed by atoms with Crippen molar-refractivity contribution in [2.75, 3.05) is 58.9 Å². The molecule has 0 saturated heterocycles. The highest BCUT2D eigenvalue weighted by Gasteiger charge is 2.40. The van der Waals surface area contributed by atoms with Crippen LogP contribution in [-0.2, 0) is 66.8 Å². The average Bonchev–Trinajstić information content (AvgIpc) is 1.81. The number of hydrogen-bond acceptors (Lipinski definition) is 30. The predicted molar refractivity (Wildman–Crippen MR) is 375 cm³/mol. The molecule has 0 bridgehead atoms. The van der Waals surface area contributed by atoms with E-state index in [0.717, 1.165) is 11.3 Å².